The van der Waals surface area contributed by atoms with Crippen LogP contribution in [0.4, 0.5) is 8.78 Å². The van der Waals surface area contributed by atoms with Crippen molar-refractivity contribution >= 4 is 5.97 Å². The lowest BCUT2D eigenvalue weighted by atomic mass is 9.90. The van der Waals surface area contributed by atoms with Gasteiger partial charge in [-0.15, -0.1) is 8.78 Å². The number of carbonyl (C=O) groups is 1. The number of hydrogen-bond acceptors (Lipinski definition) is 5. The van der Waals surface area contributed by atoms with Gasteiger partial charge >= 0.3 is 12.3 Å². The molecule has 1 aromatic heterocycles. The number of pyridine rings is 1. The molecule has 0 bridgehead atoms. The fourth-order valence-electron chi connectivity index (χ4n) is 3.53. The number of carboxylic acids is 1. The largest absolute Gasteiger partial charge is 0.586 e. The van der Waals surface area contributed by atoms with E-state index in [4.69, 9.17) is 10.7 Å². The van der Waals surface area contributed by atoms with Crippen LogP contribution in [0.3, 0.4) is 0 Å². The maximum absolute atomic E-state index is 13.3. The van der Waals surface area contributed by atoms with Gasteiger partial charge in [0.25, 0.3) is 0 Å². The Hall–Kier alpha value is -3.52. The number of hydrogen-bond donors (Lipinski definition) is 2. The molecule has 4 rings (SSSR count). The first-order valence-electron chi connectivity index (χ1n) is 9.61. The molecule has 6 nitrogen and oxygen atoms in total. The summed E-state index contributed by atoms with van der Waals surface area (Å²) in [5.41, 5.74) is 10.1. The Kier molecular flexibility index (Phi) is 5.10. The van der Waals surface area contributed by atoms with E-state index in [0.717, 1.165) is 5.56 Å². The van der Waals surface area contributed by atoms with Crippen LogP contribution in [-0.4, -0.2) is 22.4 Å². The van der Waals surface area contributed by atoms with Gasteiger partial charge in [0.05, 0.1) is 23.0 Å². The zero-order valence-corrected chi connectivity index (χ0v) is 16.8. The maximum Gasteiger partial charge on any atom is 0.586 e. The second-order valence-corrected chi connectivity index (χ2v) is 7.48. The summed E-state index contributed by atoms with van der Waals surface area (Å²) in [6, 6.07) is 14.3. The molecule has 2 atom stereocenters. The molecule has 2 unspecified atom stereocenters. The van der Waals surface area contributed by atoms with E-state index >= 15 is 0 Å². The zero-order valence-electron chi connectivity index (χ0n) is 16.8. The summed E-state index contributed by atoms with van der Waals surface area (Å²) in [5, 5.41) is 9.26. The SMILES string of the molecule is Cc1ccc(C(N)C(C)c2ccc3c(c2)OC(F)(F)O3)nc1-c1cccc(C(=O)O)c1. The first-order chi connectivity index (χ1) is 14.6. The topological polar surface area (TPSA) is 94.7 Å². The van der Waals surface area contributed by atoms with E-state index in [2.05, 4.69) is 9.47 Å². The Morgan fingerprint density at radius 3 is 2.58 bits per heavy atom. The van der Waals surface area contributed by atoms with Crippen molar-refractivity contribution in [3.63, 3.8) is 0 Å². The molecule has 0 spiro atoms. The average molecular weight is 426 g/mol. The van der Waals surface area contributed by atoms with E-state index in [1.807, 2.05) is 26.0 Å². The maximum atomic E-state index is 13.3. The fraction of sp³-hybridized carbons (Fsp3) is 0.217. The summed E-state index contributed by atoms with van der Waals surface area (Å²) in [7, 11) is 0. The number of carboxylic acid groups (broad SMARTS) is 1. The van der Waals surface area contributed by atoms with Crippen LogP contribution >= 0.6 is 0 Å². The van der Waals surface area contributed by atoms with Crippen molar-refractivity contribution in [2.24, 2.45) is 5.73 Å². The Balaban J connectivity index is 1.64. The molecule has 2 heterocycles. The van der Waals surface area contributed by atoms with Crippen molar-refractivity contribution in [2.45, 2.75) is 32.1 Å². The third-order valence-corrected chi connectivity index (χ3v) is 5.33. The van der Waals surface area contributed by atoms with E-state index in [9.17, 15) is 18.7 Å². The molecule has 3 aromatic rings. The molecule has 1 aliphatic heterocycles. The van der Waals surface area contributed by atoms with Gasteiger partial charge in [-0.3, -0.25) is 4.98 Å². The zero-order chi connectivity index (χ0) is 22.3. The van der Waals surface area contributed by atoms with Crippen molar-refractivity contribution in [2.75, 3.05) is 0 Å². The quantitative estimate of drug-likeness (QED) is 0.604. The van der Waals surface area contributed by atoms with Crippen LogP contribution in [0, 0.1) is 6.92 Å². The number of halogens is 2. The number of nitrogens with two attached hydrogens (primary N) is 1. The highest BCUT2D eigenvalue weighted by molar-refractivity contribution is 5.89. The Labute approximate surface area is 177 Å². The second kappa shape index (κ2) is 7.63. The van der Waals surface area contributed by atoms with Crippen LogP contribution in [0.25, 0.3) is 11.3 Å². The van der Waals surface area contributed by atoms with Crippen molar-refractivity contribution in [1.82, 2.24) is 4.98 Å². The van der Waals surface area contributed by atoms with Gasteiger partial charge in [0.15, 0.2) is 11.5 Å². The van der Waals surface area contributed by atoms with Crippen molar-refractivity contribution < 1.29 is 28.2 Å². The number of aromatic nitrogens is 1. The number of fused-ring (bicyclic) bond motifs is 1. The van der Waals surface area contributed by atoms with Crippen molar-refractivity contribution in [3.05, 3.63) is 77.0 Å². The van der Waals surface area contributed by atoms with E-state index in [1.165, 1.54) is 18.2 Å². The first kappa shape index (κ1) is 20.7. The van der Waals surface area contributed by atoms with Crippen LogP contribution in [-0.2, 0) is 0 Å². The minimum absolute atomic E-state index is 0.0245. The Morgan fingerprint density at radius 2 is 1.84 bits per heavy atom. The molecule has 0 fully saturated rings. The van der Waals surface area contributed by atoms with Crippen LogP contribution in [0.2, 0.25) is 0 Å². The van der Waals surface area contributed by atoms with Crippen molar-refractivity contribution in [1.29, 1.82) is 0 Å². The van der Waals surface area contributed by atoms with Gasteiger partial charge in [0.2, 0.25) is 0 Å². The van der Waals surface area contributed by atoms with E-state index in [-0.39, 0.29) is 23.0 Å². The highest BCUT2D eigenvalue weighted by Gasteiger charge is 2.43. The molecule has 8 heteroatoms. The van der Waals surface area contributed by atoms with E-state index < -0.39 is 18.3 Å². The smallest absolute Gasteiger partial charge is 0.478 e. The van der Waals surface area contributed by atoms with Crippen LogP contribution in [0.15, 0.2) is 54.6 Å². The molecule has 2 aromatic carbocycles. The number of ether oxygens (including phenoxy) is 2. The van der Waals surface area contributed by atoms with Crippen LogP contribution in [0.1, 0.15) is 46.1 Å². The normalized spacial score (nSPS) is 16.0. The highest BCUT2D eigenvalue weighted by atomic mass is 19.3. The number of benzene rings is 2. The lowest BCUT2D eigenvalue weighted by molar-refractivity contribution is -0.286. The van der Waals surface area contributed by atoms with Crippen molar-refractivity contribution in [3.8, 4) is 22.8 Å². The molecule has 0 amide bonds. The van der Waals surface area contributed by atoms with Gasteiger partial charge in [-0.1, -0.05) is 31.2 Å². The van der Waals surface area contributed by atoms with Gasteiger partial charge in [-0.05, 0) is 48.4 Å². The van der Waals surface area contributed by atoms with Crippen LogP contribution < -0.4 is 15.2 Å². The van der Waals surface area contributed by atoms with Crippen LogP contribution in [0.5, 0.6) is 11.5 Å². The Morgan fingerprint density at radius 1 is 1.10 bits per heavy atom. The third kappa shape index (κ3) is 4.06. The minimum atomic E-state index is -3.68. The molecule has 1 aliphatic rings. The first-order valence-corrected chi connectivity index (χ1v) is 9.61. The van der Waals surface area contributed by atoms with E-state index in [1.54, 1.807) is 24.3 Å². The number of aromatic carboxylic acids is 1. The molecule has 0 saturated carbocycles. The summed E-state index contributed by atoms with van der Waals surface area (Å²) in [6.45, 7) is 3.75. The monoisotopic (exact) mass is 426 g/mol. The number of rotatable bonds is 5. The number of aryl methyl sites for hydroxylation is 1. The summed E-state index contributed by atoms with van der Waals surface area (Å²) >= 11 is 0. The molecule has 3 N–H and O–H groups in total. The fourth-order valence-corrected chi connectivity index (χ4v) is 3.53. The summed E-state index contributed by atoms with van der Waals surface area (Å²) in [5.74, 6) is -1.35. The van der Waals surface area contributed by atoms with Gasteiger partial charge in [0.1, 0.15) is 0 Å². The second-order valence-electron chi connectivity index (χ2n) is 7.48. The molecule has 160 valence electrons. The minimum Gasteiger partial charge on any atom is -0.478 e. The molecule has 0 radical (unpaired) electrons. The average Bonchev–Trinajstić information content (AvgIpc) is 3.06. The molecule has 0 saturated heterocycles. The lowest BCUT2D eigenvalue weighted by Gasteiger charge is -2.21. The van der Waals surface area contributed by atoms with Gasteiger partial charge < -0.3 is 20.3 Å². The molecule has 0 aliphatic carbocycles. The lowest BCUT2D eigenvalue weighted by Crippen LogP contribution is -2.25. The van der Waals surface area contributed by atoms with Gasteiger partial charge in [-0.25, -0.2) is 4.79 Å². The summed E-state index contributed by atoms with van der Waals surface area (Å²) in [6.07, 6.45) is -3.68. The third-order valence-electron chi connectivity index (χ3n) is 5.33. The predicted molar refractivity (Wildman–Crippen MR) is 109 cm³/mol. The van der Waals surface area contributed by atoms with Gasteiger partial charge in [-0.2, -0.15) is 0 Å². The Bertz CT molecular complexity index is 1170. The standard InChI is InChI=1S/C23H20F2N2O4/c1-12-6-8-17(27-21(12)15-4-3-5-16(10-15)22(28)29)20(26)13(2)14-7-9-18-19(11-14)31-23(24,25)30-18/h3-11,13,20H,26H2,1-2H3,(H,28,29). The number of nitrogens with zero attached hydrogens (tertiary/aromatic N) is 1. The predicted octanol–water partition coefficient (Wildman–Crippen LogP) is 4.88. The van der Waals surface area contributed by atoms with Gasteiger partial charge in [0, 0.05) is 11.5 Å². The molecule has 31 heavy (non-hydrogen) atoms. The summed E-state index contributed by atoms with van der Waals surface area (Å²) in [4.78, 5) is 16.0. The number of alkyl halides is 2. The summed E-state index contributed by atoms with van der Waals surface area (Å²) < 4.78 is 35.6. The molecular formula is C23H20F2N2O4. The van der Waals surface area contributed by atoms with E-state index in [0.29, 0.717) is 22.5 Å². The molecular weight excluding hydrogens is 406 g/mol. The highest BCUT2D eigenvalue weighted by Crippen LogP contribution is 2.43.